The van der Waals surface area contributed by atoms with Crippen LogP contribution in [0.4, 0.5) is 11.4 Å². The van der Waals surface area contributed by atoms with Gasteiger partial charge in [0.1, 0.15) is 0 Å². The van der Waals surface area contributed by atoms with Gasteiger partial charge in [0.05, 0.1) is 21.7 Å². The summed E-state index contributed by atoms with van der Waals surface area (Å²) in [6.07, 6.45) is 2.12. The number of carbonyl (C=O) groups excluding carboxylic acids is 1. The number of nitro benzene ring substituents is 1. The second-order valence-corrected chi connectivity index (χ2v) is 6.12. The van der Waals surface area contributed by atoms with Crippen LogP contribution in [0.3, 0.4) is 0 Å². The zero-order valence-corrected chi connectivity index (χ0v) is 15.2. The number of halogens is 2. The topological polar surface area (TPSA) is 87.5 Å². The van der Waals surface area contributed by atoms with Gasteiger partial charge in [-0.2, -0.15) is 0 Å². The third-order valence-corrected chi connectivity index (χ3v) is 4.54. The molecule has 1 fully saturated rings. The van der Waals surface area contributed by atoms with Gasteiger partial charge in [0, 0.05) is 24.7 Å². The van der Waals surface area contributed by atoms with Crippen LogP contribution < -0.4 is 10.6 Å². The van der Waals surface area contributed by atoms with Gasteiger partial charge in [-0.15, -0.1) is 12.4 Å². The Morgan fingerprint density at radius 3 is 2.83 bits per heavy atom. The van der Waals surface area contributed by atoms with Gasteiger partial charge in [-0.05, 0) is 39.4 Å². The average Bonchev–Trinajstić information content (AvgIpc) is 2.55. The van der Waals surface area contributed by atoms with Crippen molar-refractivity contribution in [3.8, 4) is 0 Å². The fourth-order valence-corrected chi connectivity index (χ4v) is 2.88. The van der Waals surface area contributed by atoms with E-state index in [0.29, 0.717) is 6.04 Å². The van der Waals surface area contributed by atoms with Crippen molar-refractivity contribution in [2.24, 2.45) is 0 Å². The zero-order chi connectivity index (χ0) is 17.0. The number of nitro groups is 1. The zero-order valence-electron chi connectivity index (χ0n) is 13.6. The minimum Gasteiger partial charge on any atom is -0.323 e. The van der Waals surface area contributed by atoms with Gasteiger partial charge in [0.2, 0.25) is 5.91 Å². The van der Waals surface area contributed by atoms with Gasteiger partial charge >= 0.3 is 0 Å². The van der Waals surface area contributed by atoms with Crippen LogP contribution in [0, 0.1) is 10.1 Å². The fraction of sp³-hybridized carbons (Fsp3) is 0.533. The number of anilines is 1. The van der Waals surface area contributed by atoms with Gasteiger partial charge in [0.25, 0.3) is 5.69 Å². The first kappa shape index (κ1) is 20.6. The molecule has 2 atom stereocenters. The Kier molecular flexibility index (Phi) is 7.89. The van der Waals surface area contributed by atoms with Crippen molar-refractivity contribution in [2.75, 3.05) is 25.5 Å². The summed E-state index contributed by atoms with van der Waals surface area (Å²) in [7, 11) is 1.92. The van der Waals surface area contributed by atoms with Gasteiger partial charge in [-0.1, -0.05) is 11.6 Å². The molecule has 1 aliphatic rings. The molecule has 1 aromatic carbocycles. The number of benzene rings is 1. The largest absolute Gasteiger partial charge is 0.323 e. The maximum absolute atomic E-state index is 12.4. The third kappa shape index (κ3) is 5.04. The first-order valence-electron chi connectivity index (χ1n) is 7.58. The highest BCUT2D eigenvalue weighted by atomic mass is 35.5. The van der Waals surface area contributed by atoms with Crippen LogP contribution in [0.5, 0.6) is 0 Å². The number of non-ortho nitro benzene ring substituents is 1. The molecular weight excluding hydrogens is 355 g/mol. The van der Waals surface area contributed by atoms with Crippen molar-refractivity contribution in [3.63, 3.8) is 0 Å². The van der Waals surface area contributed by atoms with Crippen molar-refractivity contribution < 1.29 is 9.72 Å². The standard InChI is InChI=1S/C15H21ClN4O3.ClH/c1-10(19-7-3-4-11(9-19)17-2)15(21)18-14-8-12(20(22)23)5-6-13(14)16;/h5-6,8,10-11,17H,3-4,7,9H2,1-2H3,(H,18,21);1H. The minimum absolute atomic E-state index is 0. The van der Waals surface area contributed by atoms with Crippen LogP contribution in [-0.4, -0.2) is 48.0 Å². The predicted molar refractivity (Wildman–Crippen MR) is 97.1 cm³/mol. The average molecular weight is 377 g/mol. The molecular formula is C15H22Cl2N4O3. The van der Waals surface area contributed by atoms with E-state index < -0.39 is 4.92 Å². The highest BCUT2D eigenvalue weighted by Crippen LogP contribution is 2.27. The van der Waals surface area contributed by atoms with E-state index in [1.807, 2.05) is 14.0 Å². The number of amides is 1. The van der Waals surface area contributed by atoms with E-state index in [0.717, 1.165) is 25.9 Å². The molecule has 134 valence electrons. The van der Waals surface area contributed by atoms with E-state index in [9.17, 15) is 14.9 Å². The molecule has 0 bridgehead atoms. The highest BCUT2D eigenvalue weighted by Gasteiger charge is 2.27. The Morgan fingerprint density at radius 2 is 2.21 bits per heavy atom. The summed E-state index contributed by atoms with van der Waals surface area (Å²) in [4.78, 5) is 24.9. The van der Waals surface area contributed by atoms with Crippen molar-refractivity contribution >= 4 is 41.3 Å². The van der Waals surface area contributed by atoms with Crippen molar-refractivity contribution in [3.05, 3.63) is 33.3 Å². The van der Waals surface area contributed by atoms with E-state index in [2.05, 4.69) is 15.5 Å². The molecule has 1 saturated heterocycles. The maximum Gasteiger partial charge on any atom is 0.271 e. The molecule has 7 nitrogen and oxygen atoms in total. The number of carbonyl (C=O) groups is 1. The Balaban J connectivity index is 0.00000288. The summed E-state index contributed by atoms with van der Waals surface area (Å²) in [5.41, 5.74) is 0.158. The molecule has 1 aliphatic heterocycles. The van der Waals surface area contributed by atoms with Crippen LogP contribution in [-0.2, 0) is 4.79 Å². The molecule has 2 rings (SSSR count). The highest BCUT2D eigenvalue weighted by molar-refractivity contribution is 6.33. The molecule has 9 heteroatoms. The Hall–Kier alpha value is -1.41. The lowest BCUT2D eigenvalue weighted by Gasteiger charge is -2.35. The Labute approximate surface area is 152 Å². The molecule has 0 radical (unpaired) electrons. The van der Waals surface area contributed by atoms with Crippen molar-refractivity contribution in [1.82, 2.24) is 10.2 Å². The number of nitrogens with zero attached hydrogens (tertiary/aromatic N) is 2. The fourth-order valence-electron chi connectivity index (χ4n) is 2.72. The lowest BCUT2D eigenvalue weighted by Crippen LogP contribution is -2.51. The van der Waals surface area contributed by atoms with E-state index in [1.54, 1.807) is 0 Å². The van der Waals surface area contributed by atoms with Gasteiger partial charge in [0.15, 0.2) is 0 Å². The summed E-state index contributed by atoms with van der Waals surface area (Å²) < 4.78 is 0. The summed E-state index contributed by atoms with van der Waals surface area (Å²) >= 11 is 6.02. The molecule has 24 heavy (non-hydrogen) atoms. The molecule has 0 spiro atoms. The first-order chi connectivity index (χ1) is 10.9. The molecule has 1 aromatic rings. The monoisotopic (exact) mass is 376 g/mol. The SMILES string of the molecule is CNC1CCCN(C(C)C(=O)Nc2cc([N+](=O)[O-])ccc2Cl)C1.Cl. The van der Waals surface area contributed by atoms with Crippen LogP contribution in [0.25, 0.3) is 0 Å². The van der Waals surface area contributed by atoms with Crippen molar-refractivity contribution in [2.45, 2.75) is 31.8 Å². The summed E-state index contributed by atoms with van der Waals surface area (Å²) in [6, 6.07) is 4.04. The molecule has 2 unspecified atom stereocenters. The normalized spacial score (nSPS) is 19.2. The minimum atomic E-state index is -0.516. The number of nitrogens with one attached hydrogen (secondary N) is 2. The Morgan fingerprint density at radius 1 is 1.50 bits per heavy atom. The van der Waals surface area contributed by atoms with Gasteiger partial charge in [-0.25, -0.2) is 0 Å². The summed E-state index contributed by atoms with van der Waals surface area (Å²) in [5.74, 6) is -0.218. The molecule has 0 aromatic heterocycles. The lowest BCUT2D eigenvalue weighted by atomic mass is 10.0. The smallest absolute Gasteiger partial charge is 0.271 e. The number of hydrogen-bond acceptors (Lipinski definition) is 5. The lowest BCUT2D eigenvalue weighted by molar-refractivity contribution is -0.384. The molecule has 1 heterocycles. The van der Waals surface area contributed by atoms with E-state index in [-0.39, 0.29) is 40.8 Å². The van der Waals surface area contributed by atoms with E-state index in [4.69, 9.17) is 11.6 Å². The number of rotatable bonds is 5. The second kappa shape index (κ2) is 9.17. The third-order valence-electron chi connectivity index (χ3n) is 4.21. The quantitative estimate of drug-likeness (QED) is 0.609. The molecule has 1 amide bonds. The van der Waals surface area contributed by atoms with Crippen LogP contribution >= 0.6 is 24.0 Å². The number of likely N-dealkylation sites (tertiary alicyclic amines) is 1. The summed E-state index contributed by atoms with van der Waals surface area (Å²) in [6.45, 7) is 3.49. The Bertz CT molecular complexity index is 600. The van der Waals surface area contributed by atoms with E-state index >= 15 is 0 Å². The second-order valence-electron chi connectivity index (χ2n) is 5.71. The van der Waals surface area contributed by atoms with Gasteiger partial charge in [-0.3, -0.25) is 19.8 Å². The first-order valence-corrected chi connectivity index (χ1v) is 7.96. The van der Waals surface area contributed by atoms with Crippen LogP contribution in [0.2, 0.25) is 5.02 Å². The number of likely N-dealkylation sites (N-methyl/N-ethyl adjacent to an activating group) is 1. The van der Waals surface area contributed by atoms with Crippen molar-refractivity contribution in [1.29, 1.82) is 0 Å². The predicted octanol–water partition coefficient (Wildman–Crippen LogP) is 2.68. The van der Waals surface area contributed by atoms with E-state index in [1.165, 1.54) is 18.2 Å². The van der Waals surface area contributed by atoms with Crippen LogP contribution in [0.1, 0.15) is 19.8 Å². The maximum atomic E-state index is 12.4. The van der Waals surface area contributed by atoms with Crippen LogP contribution in [0.15, 0.2) is 18.2 Å². The van der Waals surface area contributed by atoms with Gasteiger partial charge < -0.3 is 10.6 Å². The molecule has 0 saturated carbocycles. The number of piperidine rings is 1. The molecule has 2 N–H and O–H groups in total. The number of hydrogen-bond donors (Lipinski definition) is 2. The summed E-state index contributed by atoms with van der Waals surface area (Å²) in [5, 5.41) is 17.1. The molecule has 0 aliphatic carbocycles.